The van der Waals surface area contributed by atoms with Gasteiger partial charge in [0.15, 0.2) is 5.96 Å². The van der Waals surface area contributed by atoms with Crippen molar-refractivity contribution >= 4 is 47.4 Å². The summed E-state index contributed by atoms with van der Waals surface area (Å²) < 4.78 is 5.10. The number of ether oxygens (including phenoxy) is 1. The molecule has 3 heterocycles. The summed E-state index contributed by atoms with van der Waals surface area (Å²) in [7, 11) is 1.83. The molecule has 2 aliphatic rings. The quantitative estimate of drug-likeness (QED) is 0.367. The van der Waals surface area contributed by atoms with Crippen LogP contribution in [-0.4, -0.2) is 86.2 Å². The molecule has 2 fully saturated rings. The van der Waals surface area contributed by atoms with Crippen LogP contribution < -0.4 is 5.32 Å². The number of hydrogen-bond acceptors (Lipinski definition) is 5. The highest BCUT2D eigenvalue weighted by atomic mass is 127. The number of amides is 1. The van der Waals surface area contributed by atoms with Crippen LogP contribution >= 0.6 is 35.3 Å². The second-order valence-electron chi connectivity index (χ2n) is 6.88. The second kappa shape index (κ2) is 11.8. The maximum Gasteiger partial charge on any atom is 0.409 e. The lowest BCUT2D eigenvalue weighted by Crippen LogP contribution is -2.54. The summed E-state index contributed by atoms with van der Waals surface area (Å²) >= 11 is 1.83. The molecule has 7 nitrogen and oxygen atoms in total. The highest BCUT2D eigenvalue weighted by molar-refractivity contribution is 14.0. The summed E-state index contributed by atoms with van der Waals surface area (Å²) in [6, 6.07) is 4.76. The van der Waals surface area contributed by atoms with Crippen LogP contribution in [0.3, 0.4) is 0 Å². The van der Waals surface area contributed by atoms with E-state index in [2.05, 4.69) is 37.6 Å². The van der Waals surface area contributed by atoms with Crippen LogP contribution in [0.1, 0.15) is 30.7 Å². The van der Waals surface area contributed by atoms with Gasteiger partial charge in [-0.15, -0.1) is 35.3 Å². The Hall–Kier alpha value is -1.07. The molecule has 9 heteroatoms. The van der Waals surface area contributed by atoms with E-state index < -0.39 is 0 Å². The first-order valence-corrected chi connectivity index (χ1v) is 10.8. The topological polar surface area (TPSA) is 60.4 Å². The monoisotopic (exact) mass is 521 g/mol. The van der Waals surface area contributed by atoms with Gasteiger partial charge < -0.3 is 19.9 Å². The Morgan fingerprint density at radius 2 is 1.89 bits per heavy atom. The summed E-state index contributed by atoms with van der Waals surface area (Å²) in [5.41, 5.74) is 0. The molecule has 0 aliphatic carbocycles. The van der Waals surface area contributed by atoms with Crippen LogP contribution in [0.4, 0.5) is 4.79 Å². The maximum absolute atomic E-state index is 11.9. The predicted octanol–water partition coefficient (Wildman–Crippen LogP) is 2.85. The number of nitrogens with zero attached hydrogens (tertiary/aromatic N) is 4. The van der Waals surface area contributed by atoms with Gasteiger partial charge in [0.05, 0.1) is 12.6 Å². The molecule has 2 saturated heterocycles. The molecule has 1 unspecified atom stereocenters. The van der Waals surface area contributed by atoms with Crippen LogP contribution in [0.5, 0.6) is 0 Å². The van der Waals surface area contributed by atoms with Crippen molar-refractivity contribution in [3.8, 4) is 0 Å². The molecule has 0 spiro atoms. The largest absolute Gasteiger partial charge is 0.450 e. The van der Waals surface area contributed by atoms with Crippen molar-refractivity contribution in [3.63, 3.8) is 0 Å². The molecule has 1 aromatic rings. The number of nitrogens with one attached hydrogen (secondary N) is 1. The standard InChI is InChI=1S/C19H31N5O2S.HI/c1-3-26-19(25)24-12-10-23(11-13-24)18(20-2)21-15-16(17-7-6-14-27-17)22-8-4-5-9-22;/h6-7,14,16H,3-5,8-13,15H2,1-2H3,(H,20,21);1H. The van der Waals surface area contributed by atoms with Crippen molar-refractivity contribution < 1.29 is 9.53 Å². The number of piperazine rings is 1. The molecule has 1 aromatic heterocycles. The molecule has 0 aromatic carbocycles. The van der Waals surface area contributed by atoms with Crippen molar-refractivity contribution in [2.24, 2.45) is 4.99 Å². The van der Waals surface area contributed by atoms with Crippen LogP contribution in [-0.2, 0) is 4.74 Å². The molecule has 1 N–H and O–H groups in total. The van der Waals surface area contributed by atoms with Crippen LogP contribution in [0.2, 0.25) is 0 Å². The van der Waals surface area contributed by atoms with E-state index in [-0.39, 0.29) is 30.1 Å². The van der Waals surface area contributed by atoms with E-state index in [1.807, 2.05) is 25.3 Å². The van der Waals surface area contributed by atoms with Crippen molar-refractivity contribution in [1.29, 1.82) is 0 Å². The lowest BCUT2D eigenvalue weighted by atomic mass is 10.2. The molecule has 3 rings (SSSR count). The summed E-state index contributed by atoms with van der Waals surface area (Å²) in [5.74, 6) is 0.916. The number of carbonyl (C=O) groups excluding carboxylic acids is 1. The number of halogens is 1. The Morgan fingerprint density at radius 1 is 1.21 bits per heavy atom. The van der Waals surface area contributed by atoms with Gasteiger partial charge in [0.2, 0.25) is 0 Å². The number of hydrogen-bond donors (Lipinski definition) is 1. The van der Waals surface area contributed by atoms with Gasteiger partial charge >= 0.3 is 6.09 Å². The van der Waals surface area contributed by atoms with E-state index in [0.29, 0.717) is 25.7 Å². The van der Waals surface area contributed by atoms with E-state index in [0.717, 1.165) is 25.6 Å². The lowest BCUT2D eigenvalue weighted by molar-refractivity contribution is 0.0913. The minimum atomic E-state index is -0.216. The van der Waals surface area contributed by atoms with E-state index in [4.69, 9.17) is 4.74 Å². The molecule has 158 valence electrons. The van der Waals surface area contributed by atoms with Gasteiger partial charge in [0.1, 0.15) is 0 Å². The number of likely N-dealkylation sites (tertiary alicyclic amines) is 1. The highest BCUT2D eigenvalue weighted by Crippen LogP contribution is 2.27. The van der Waals surface area contributed by atoms with E-state index in [1.54, 1.807) is 4.90 Å². The first-order valence-electron chi connectivity index (χ1n) is 9.87. The smallest absolute Gasteiger partial charge is 0.409 e. The van der Waals surface area contributed by atoms with Gasteiger partial charge in [-0.3, -0.25) is 9.89 Å². The molecule has 1 atom stereocenters. The van der Waals surface area contributed by atoms with E-state index in [9.17, 15) is 4.79 Å². The van der Waals surface area contributed by atoms with Crippen molar-refractivity contribution in [2.45, 2.75) is 25.8 Å². The summed E-state index contributed by atoms with van der Waals surface area (Å²) in [6.45, 7) is 8.32. The zero-order valence-electron chi connectivity index (χ0n) is 16.8. The Bertz CT molecular complexity index is 614. The highest BCUT2D eigenvalue weighted by Gasteiger charge is 2.27. The van der Waals surface area contributed by atoms with Crippen LogP contribution in [0.25, 0.3) is 0 Å². The summed E-state index contributed by atoms with van der Waals surface area (Å²) in [5, 5.41) is 5.73. The minimum Gasteiger partial charge on any atom is -0.450 e. The fraction of sp³-hybridized carbons (Fsp3) is 0.684. The van der Waals surface area contributed by atoms with Gasteiger partial charge in [-0.2, -0.15) is 0 Å². The Labute approximate surface area is 189 Å². The molecular weight excluding hydrogens is 489 g/mol. The first-order chi connectivity index (χ1) is 13.2. The third-order valence-electron chi connectivity index (χ3n) is 5.22. The molecule has 2 aliphatic heterocycles. The van der Waals surface area contributed by atoms with Gasteiger partial charge in [0.25, 0.3) is 0 Å². The maximum atomic E-state index is 11.9. The van der Waals surface area contributed by atoms with Gasteiger partial charge in [-0.1, -0.05) is 6.07 Å². The molecule has 0 bridgehead atoms. The Kier molecular flexibility index (Phi) is 9.80. The van der Waals surface area contributed by atoms with Crippen molar-refractivity contribution in [3.05, 3.63) is 22.4 Å². The third-order valence-corrected chi connectivity index (χ3v) is 6.20. The normalized spacial score (nSPS) is 19.3. The molecule has 0 saturated carbocycles. The second-order valence-corrected chi connectivity index (χ2v) is 7.85. The van der Waals surface area contributed by atoms with Gasteiger partial charge in [0, 0.05) is 44.6 Å². The average molecular weight is 521 g/mol. The number of guanidine groups is 1. The fourth-order valence-corrected chi connectivity index (χ4v) is 4.64. The SMILES string of the molecule is CCOC(=O)N1CCN(C(=NC)NCC(c2cccs2)N2CCCC2)CC1.I. The number of carbonyl (C=O) groups is 1. The average Bonchev–Trinajstić information content (AvgIpc) is 3.40. The zero-order valence-corrected chi connectivity index (χ0v) is 19.9. The summed E-state index contributed by atoms with van der Waals surface area (Å²) in [6.07, 6.45) is 2.35. The zero-order chi connectivity index (χ0) is 19.1. The van der Waals surface area contributed by atoms with Gasteiger partial charge in [-0.25, -0.2) is 4.79 Å². The molecular formula is C19H32IN5O2S. The number of thiophene rings is 1. The predicted molar refractivity (Wildman–Crippen MR) is 125 cm³/mol. The van der Waals surface area contributed by atoms with Crippen molar-refractivity contribution in [2.75, 3.05) is 59.5 Å². The Morgan fingerprint density at radius 3 is 2.46 bits per heavy atom. The number of aliphatic imine (C=N–C) groups is 1. The first kappa shape index (κ1) is 23.2. The third kappa shape index (κ3) is 5.96. The van der Waals surface area contributed by atoms with E-state index in [1.165, 1.54) is 30.8 Å². The fourth-order valence-electron chi connectivity index (χ4n) is 3.78. The Balaban J connectivity index is 0.00000280. The lowest BCUT2D eigenvalue weighted by Gasteiger charge is -2.36. The van der Waals surface area contributed by atoms with Crippen LogP contribution in [0.15, 0.2) is 22.5 Å². The molecule has 28 heavy (non-hydrogen) atoms. The molecule has 1 amide bonds. The van der Waals surface area contributed by atoms with E-state index >= 15 is 0 Å². The van der Waals surface area contributed by atoms with Crippen molar-refractivity contribution in [1.82, 2.24) is 20.0 Å². The van der Waals surface area contributed by atoms with Crippen LogP contribution in [0, 0.1) is 0 Å². The van der Waals surface area contributed by atoms with Gasteiger partial charge in [-0.05, 0) is 44.3 Å². The summed E-state index contributed by atoms with van der Waals surface area (Å²) in [4.78, 5) is 24.3. The minimum absolute atomic E-state index is 0. The molecule has 0 radical (unpaired) electrons. The number of rotatable bonds is 5.